The van der Waals surface area contributed by atoms with Gasteiger partial charge in [0.15, 0.2) is 0 Å². The van der Waals surface area contributed by atoms with Gasteiger partial charge in [0.1, 0.15) is 0 Å². The van der Waals surface area contributed by atoms with Crippen molar-refractivity contribution < 1.29 is 9.53 Å². The molecule has 1 aliphatic heterocycles. The van der Waals surface area contributed by atoms with E-state index < -0.39 is 0 Å². The van der Waals surface area contributed by atoms with E-state index in [9.17, 15) is 4.79 Å². The number of urea groups is 1. The summed E-state index contributed by atoms with van der Waals surface area (Å²) in [6, 6.07) is 7.09. The molecule has 16 heavy (non-hydrogen) atoms. The van der Waals surface area contributed by atoms with Crippen molar-refractivity contribution in [3.05, 3.63) is 24.3 Å². The highest BCUT2D eigenvalue weighted by Gasteiger charge is 2.16. The maximum absolute atomic E-state index is 11.8. The number of carbonyl (C=O) groups excluding carboxylic acids is 1. The van der Waals surface area contributed by atoms with Crippen LogP contribution in [0.2, 0.25) is 0 Å². The Hall–Kier alpha value is -1.75. The molecule has 0 atom stereocenters. The van der Waals surface area contributed by atoms with Crippen LogP contribution in [-0.2, 0) is 4.74 Å². The van der Waals surface area contributed by atoms with Crippen LogP contribution in [-0.4, -0.2) is 37.2 Å². The molecular weight excluding hydrogens is 206 g/mol. The Morgan fingerprint density at radius 1 is 1.31 bits per heavy atom. The van der Waals surface area contributed by atoms with Crippen LogP contribution < -0.4 is 11.1 Å². The first-order chi connectivity index (χ1) is 7.77. The minimum absolute atomic E-state index is 0.124. The minimum atomic E-state index is -0.124. The Bertz CT molecular complexity index is 375. The highest BCUT2D eigenvalue weighted by molar-refractivity contribution is 5.92. The third-order valence-corrected chi connectivity index (χ3v) is 2.50. The number of nitrogens with zero attached hydrogens (tertiary/aromatic N) is 1. The van der Waals surface area contributed by atoms with Crippen molar-refractivity contribution in [2.45, 2.75) is 0 Å². The molecule has 1 aromatic rings. The molecule has 0 aromatic heterocycles. The lowest BCUT2D eigenvalue weighted by atomic mass is 10.3. The number of nitrogen functional groups attached to an aromatic ring is 1. The maximum Gasteiger partial charge on any atom is 0.322 e. The van der Waals surface area contributed by atoms with Crippen LogP contribution in [0.5, 0.6) is 0 Å². The Balaban J connectivity index is 1.99. The zero-order valence-corrected chi connectivity index (χ0v) is 8.98. The van der Waals surface area contributed by atoms with Crippen LogP contribution >= 0.6 is 0 Å². The van der Waals surface area contributed by atoms with Crippen LogP contribution in [0.15, 0.2) is 24.3 Å². The van der Waals surface area contributed by atoms with Gasteiger partial charge in [0, 0.05) is 13.1 Å². The lowest BCUT2D eigenvalue weighted by molar-refractivity contribution is 0.0564. The number of benzene rings is 1. The van der Waals surface area contributed by atoms with E-state index in [-0.39, 0.29) is 6.03 Å². The van der Waals surface area contributed by atoms with E-state index in [1.807, 2.05) is 12.1 Å². The lowest BCUT2D eigenvalue weighted by Crippen LogP contribution is -2.43. The number of carbonyl (C=O) groups is 1. The van der Waals surface area contributed by atoms with Gasteiger partial charge < -0.3 is 20.7 Å². The van der Waals surface area contributed by atoms with Gasteiger partial charge >= 0.3 is 6.03 Å². The molecule has 1 saturated heterocycles. The van der Waals surface area contributed by atoms with Gasteiger partial charge in [-0.15, -0.1) is 0 Å². The van der Waals surface area contributed by atoms with Crippen molar-refractivity contribution in [3.8, 4) is 0 Å². The molecule has 0 bridgehead atoms. The van der Waals surface area contributed by atoms with Gasteiger partial charge in [-0.3, -0.25) is 0 Å². The quantitative estimate of drug-likeness (QED) is 0.698. The molecule has 0 spiro atoms. The molecule has 0 aliphatic carbocycles. The van der Waals surface area contributed by atoms with Gasteiger partial charge in [-0.25, -0.2) is 4.79 Å². The fourth-order valence-corrected chi connectivity index (χ4v) is 1.57. The third-order valence-electron chi connectivity index (χ3n) is 2.50. The monoisotopic (exact) mass is 221 g/mol. The number of amides is 2. The summed E-state index contributed by atoms with van der Waals surface area (Å²) < 4.78 is 5.18. The van der Waals surface area contributed by atoms with E-state index in [0.29, 0.717) is 37.7 Å². The molecule has 2 rings (SSSR count). The van der Waals surface area contributed by atoms with Crippen molar-refractivity contribution in [2.24, 2.45) is 0 Å². The predicted molar refractivity (Wildman–Crippen MR) is 62.3 cm³/mol. The zero-order chi connectivity index (χ0) is 11.4. The molecule has 0 unspecified atom stereocenters. The summed E-state index contributed by atoms with van der Waals surface area (Å²) in [4.78, 5) is 13.5. The van der Waals surface area contributed by atoms with Gasteiger partial charge in [-0.05, 0) is 12.1 Å². The van der Waals surface area contributed by atoms with Crippen molar-refractivity contribution in [2.75, 3.05) is 37.4 Å². The SMILES string of the molecule is Nc1ccccc1NC(=O)N1CCOCC1. The van der Waals surface area contributed by atoms with Crippen molar-refractivity contribution in [1.82, 2.24) is 4.90 Å². The number of ether oxygens (including phenoxy) is 1. The Kier molecular flexibility index (Phi) is 3.26. The first kappa shape index (κ1) is 10.8. The van der Waals surface area contributed by atoms with E-state index in [1.165, 1.54) is 0 Å². The van der Waals surface area contributed by atoms with E-state index in [0.717, 1.165) is 0 Å². The van der Waals surface area contributed by atoms with Crippen LogP contribution in [0, 0.1) is 0 Å². The average molecular weight is 221 g/mol. The molecule has 1 aromatic carbocycles. The molecule has 86 valence electrons. The Labute approximate surface area is 94.2 Å². The summed E-state index contributed by atoms with van der Waals surface area (Å²) in [5, 5.41) is 2.79. The predicted octanol–water partition coefficient (Wildman–Crippen LogP) is 1.13. The van der Waals surface area contributed by atoms with Crippen LogP contribution in [0.4, 0.5) is 16.2 Å². The number of para-hydroxylation sites is 2. The Morgan fingerprint density at radius 3 is 2.69 bits per heavy atom. The van der Waals surface area contributed by atoms with E-state index in [4.69, 9.17) is 10.5 Å². The number of nitrogens with one attached hydrogen (secondary N) is 1. The Morgan fingerprint density at radius 2 is 2.00 bits per heavy atom. The van der Waals surface area contributed by atoms with Crippen LogP contribution in [0.25, 0.3) is 0 Å². The highest BCUT2D eigenvalue weighted by atomic mass is 16.5. The second-order valence-electron chi connectivity index (χ2n) is 3.62. The summed E-state index contributed by atoms with van der Waals surface area (Å²) in [7, 11) is 0. The summed E-state index contributed by atoms with van der Waals surface area (Å²) in [5.74, 6) is 0. The van der Waals surface area contributed by atoms with E-state index in [2.05, 4.69) is 5.32 Å². The highest BCUT2D eigenvalue weighted by Crippen LogP contribution is 2.17. The number of anilines is 2. The largest absolute Gasteiger partial charge is 0.397 e. The first-order valence-electron chi connectivity index (χ1n) is 5.25. The molecule has 1 fully saturated rings. The number of hydrogen-bond donors (Lipinski definition) is 2. The number of morpholine rings is 1. The molecule has 5 heteroatoms. The summed E-state index contributed by atoms with van der Waals surface area (Å²) >= 11 is 0. The molecule has 0 saturated carbocycles. The number of rotatable bonds is 1. The van der Waals surface area contributed by atoms with Crippen molar-refractivity contribution in [3.63, 3.8) is 0 Å². The van der Waals surface area contributed by atoms with Gasteiger partial charge in [0.05, 0.1) is 24.6 Å². The fraction of sp³-hybridized carbons (Fsp3) is 0.364. The topological polar surface area (TPSA) is 67.6 Å². The van der Waals surface area contributed by atoms with Gasteiger partial charge in [-0.2, -0.15) is 0 Å². The smallest absolute Gasteiger partial charge is 0.322 e. The molecule has 5 nitrogen and oxygen atoms in total. The molecule has 3 N–H and O–H groups in total. The zero-order valence-electron chi connectivity index (χ0n) is 8.98. The normalized spacial score (nSPS) is 15.9. The number of nitrogens with two attached hydrogens (primary N) is 1. The van der Waals surface area contributed by atoms with Crippen LogP contribution in [0.1, 0.15) is 0 Å². The summed E-state index contributed by atoms with van der Waals surface area (Å²) in [6.07, 6.45) is 0. The molecular formula is C11H15N3O2. The van der Waals surface area contributed by atoms with Crippen molar-refractivity contribution in [1.29, 1.82) is 0 Å². The van der Waals surface area contributed by atoms with Crippen LogP contribution in [0.3, 0.4) is 0 Å². The second kappa shape index (κ2) is 4.85. The maximum atomic E-state index is 11.8. The molecule has 2 amide bonds. The number of hydrogen-bond acceptors (Lipinski definition) is 3. The molecule has 0 radical (unpaired) electrons. The minimum Gasteiger partial charge on any atom is -0.397 e. The fourth-order valence-electron chi connectivity index (χ4n) is 1.57. The van der Waals surface area contributed by atoms with E-state index in [1.54, 1.807) is 17.0 Å². The molecule has 1 heterocycles. The molecule has 1 aliphatic rings. The third kappa shape index (κ3) is 2.43. The van der Waals surface area contributed by atoms with Gasteiger partial charge in [0.2, 0.25) is 0 Å². The van der Waals surface area contributed by atoms with E-state index >= 15 is 0 Å². The van der Waals surface area contributed by atoms with Gasteiger partial charge in [0.25, 0.3) is 0 Å². The van der Waals surface area contributed by atoms with Crippen molar-refractivity contribution >= 4 is 17.4 Å². The standard InChI is InChI=1S/C11H15N3O2/c12-9-3-1-2-4-10(9)13-11(15)14-5-7-16-8-6-14/h1-4H,5-8,12H2,(H,13,15). The average Bonchev–Trinajstić information content (AvgIpc) is 2.33. The summed E-state index contributed by atoms with van der Waals surface area (Å²) in [5.41, 5.74) is 6.97. The summed E-state index contributed by atoms with van der Waals surface area (Å²) in [6.45, 7) is 2.44. The lowest BCUT2D eigenvalue weighted by Gasteiger charge is -2.27. The first-order valence-corrected chi connectivity index (χ1v) is 5.25. The second-order valence-corrected chi connectivity index (χ2v) is 3.62. The van der Waals surface area contributed by atoms with Gasteiger partial charge in [-0.1, -0.05) is 12.1 Å².